The highest BCUT2D eigenvalue weighted by Crippen LogP contribution is 2.31. The van der Waals surface area contributed by atoms with E-state index in [1.807, 2.05) is 13.1 Å². The van der Waals surface area contributed by atoms with E-state index in [9.17, 15) is 4.79 Å². The number of carbonyl (C=O) groups is 1. The molecular formula is C22H35N3O3. The van der Waals surface area contributed by atoms with Crippen LogP contribution in [-0.2, 0) is 20.9 Å². The maximum Gasteiger partial charge on any atom is 0.222 e. The monoisotopic (exact) mass is 389 g/mol. The molecule has 0 radical (unpaired) electrons. The Bertz CT molecular complexity index is 631. The van der Waals surface area contributed by atoms with E-state index in [2.05, 4.69) is 9.88 Å². The molecule has 1 aromatic heterocycles. The molecule has 156 valence electrons. The van der Waals surface area contributed by atoms with Crippen molar-refractivity contribution in [1.29, 1.82) is 0 Å². The Hall–Kier alpha value is -1.53. The number of piperidine rings is 1. The second kappa shape index (κ2) is 10.9. The molecule has 2 aliphatic rings. The molecule has 1 aliphatic heterocycles. The third kappa shape index (κ3) is 5.98. The number of hydrogen-bond donors (Lipinski definition) is 0. The lowest BCUT2D eigenvalue weighted by Crippen LogP contribution is -2.39. The molecular weight excluding hydrogens is 354 g/mol. The molecule has 1 atom stereocenters. The van der Waals surface area contributed by atoms with E-state index in [1.54, 1.807) is 7.11 Å². The number of rotatable bonds is 9. The van der Waals surface area contributed by atoms with Crippen LogP contribution in [-0.4, -0.2) is 54.2 Å². The van der Waals surface area contributed by atoms with Crippen LogP contribution in [0, 0.1) is 12.8 Å². The lowest BCUT2D eigenvalue weighted by molar-refractivity contribution is -0.132. The highest BCUT2D eigenvalue weighted by atomic mass is 16.5. The smallest absolute Gasteiger partial charge is 0.222 e. The number of aryl methyl sites for hydroxylation is 1. The van der Waals surface area contributed by atoms with Gasteiger partial charge in [-0.2, -0.15) is 0 Å². The fourth-order valence-corrected chi connectivity index (χ4v) is 4.51. The standard InChI is InChI=1S/C22H35N3O3/c1-17-23-14-20(16-28-13-12-27-2)22(24-17)19-8-5-11-25(15-19)21(26)10-9-18-6-3-4-7-18/h14,18-19H,3-13,15-16H2,1-2H3. The first-order valence-electron chi connectivity index (χ1n) is 10.8. The second-order valence-corrected chi connectivity index (χ2v) is 8.24. The van der Waals surface area contributed by atoms with E-state index in [0.717, 1.165) is 55.4 Å². The van der Waals surface area contributed by atoms with Gasteiger partial charge in [-0.05, 0) is 32.1 Å². The Morgan fingerprint density at radius 2 is 2.04 bits per heavy atom. The van der Waals surface area contributed by atoms with E-state index in [0.29, 0.717) is 32.1 Å². The van der Waals surface area contributed by atoms with Crippen LogP contribution in [0.1, 0.15) is 74.4 Å². The number of aromatic nitrogens is 2. The largest absolute Gasteiger partial charge is 0.382 e. The van der Waals surface area contributed by atoms with Crippen LogP contribution in [0.2, 0.25) is 0 Å². The molecule has 1 unspecified atom stereocenters. The molecule has 0 N–H and O–H groups in total. The molecule has 6 nitrogen and oxygen atoms in total. The van der Waals surface area contributed by atoms with Gasteiger partial charge in [0.25, 0.3) is 0 Å². The summed E-state index contributed by atoms with van der Waals surface area (Å²) in [6.07, 6.45) is 11.0. The summed E-state index contributed by atoms with van der Waals surface area (Å²) in [6.45, 7) is 5.20. The van der Waals surface area contributed by atoms with Gasteiger partial charge < -0.3 is 14.4 Å². The maximum atomic E-state index is 12.8. The number of amides is 1. The number of carbonyl (C=O) groups excluding carboxylic acids is 1. The van der Waals surface area contributed by atoms with Crippen molar-refractivity contribution in [2.45, 2.75) is 70.8 Å². The third-order valence-corrected chi connectivity index (χ3v) is 6.11. The van der Waals surface area contributed by atoms with Crippen molar-refractivity contribution < 1.29 is 14.3 Å². The van der Waals surface area contributed by atoms with Gasteiger partial charge >= 0.3 is 0 Å². The number of likely N-dealkylation sites (tertiary alicyclic amines) is 1. The van der Waals surface area contributed by atoms with Crippen LogP contribution >= 0.6 is 0 Å². The average Bonchev–Trinajstić information content (AvgIpc) is 3.24. The molecule has 0 aromatic carbocycles. The Morgan fingerprint density at radius 1 is 1.21 bits per heavy atom. The number of methoxy groups -OCH3 is 1. The topological polar surface area (TPSA) is 64.6 Å². The van der Waals surface area contributed by atoms with Gasteiger partial charge in [-0.15, -0.1) is 0 Å². The summed E-state index contributed by atoms with van der Waals surface area (Å²) in [5, 5.41) is 0. The molecule has 28 heavy (non-hydrogen) atoms. The lowest BCUT2D eigenvalue weighted by Gasteiger charge is -2.33. The predicted molar refractivity (Wildman–Crippen MR) is 108 cm³/mol. The second-order valence-electron chi connectivity index (χ2n) is 8.24. The van der Waals surface area contributed by atoms with E-state index in [1.165, 1.54) is 25.7 Å². The average molecular weight is 390 g/mol. The fraction of sp³-hybridized carbons (Fsp3) is 0.773. The minimum Gasteiger partial charge on any atom is -0.382 e. The normalized spacial score (nSPS) is 20.6. The van der Waals surface area contributed by atoms with E-state index < -0.39 is 0 Å². The minimum absolute atomic E-state index is 0.270. The zero-order valence-electron chi connectivity index (χ0n) is 17.5. The first-order chi connectivity index (χ1) is 13.7. The molecule has 0 bridgehead atoms. The van der Waals surface area contributed by atoms with Crippen molar-refractivity contribution in [1.82, 2.24) is 14.9 Å². The van der Waals surface area contributed by atoms with Crippen molar-refractivity contribution in [3.05, 3.63) is 23.3 Å². The molecule has 2 heterocycles. The van der Waals surface area contributed by atoms with Gasteiger partial charge in [-0.3, -0.25) is 4.79 Å². The third-order valence-electron chi connectivity index (χ3n) is 6.11. The predicted octanol–water partition coefficient (Wildman–Crippen LogP) is 3.62. The van der Waals surface area contributed by atoms with Crippen molar-refractivity contribution in [2.75, 3.05) is 33.4 Å². The van der Waals surface area contributed by atoms with E-state index >= 15 is 0 Å². The quantitative estimate of drug-likeness (QED) is 0.604. The van der Waals surface area contributed by atoms with Crippen LogP contribution in [0.15, 0.2) is 6.20 Å². The van der Waals surface area contributed by atoms with Crippen molar-refractivity contribution in [3.63, 3.8) is 0 Å². The molecule has 0 spiro atoms. The zero-order chi connectivity index (χ0) is 19.8. The molecule has 1 saturated heterocycles. The number of ether oxygens (including phenoxy) is 2. The van der Waals surface area contributed by atoms with Gasteiger partial charge in [-0.25, -0.2) is 9.97 Å². The van der Waals surface area contributed by atoms with Gasteiger partial charge in [0.2, 0.25) is 5.91 Å². The maximum absolute atomic E-state index is 12.8. The van der Waals surface area contributed by atoms with Crippen LogP contribution in [0.5, 0.6) is 0 Å². The van der Waals surface area contributed by atoms with Crippen LogP contribution in [0.25, 0.3) is 0 Å². The van der Waals surface area contributed by atoms with Crippen LogP contribution in [0.3, 0.4) is 0 Å². The minimum atomic E-state index is 0.270. The summed E-state index contributed by atoms with van der Waals surface area (Å²) in [6, 6.07) is 0. The van der Waals surface area contributed by atoms with Gasteiger partial charge in [0.15, 0.2) is 0 Å². The van der Waals surface area contributed by atoms with Crippen molar-refractivity contribution in [3.8, 4) is 0 Å². The Kier molecular flexibility index (Phi) is 8.22. The SMILES string of the molecule is COCCOCc1cnc(C)nc1C1CCCN(C(=O)CCC2CCCC2)C1. The molecule has 1 aliphatic carbocycles. The summed E-state index contributed by atoms with van der Waals surface area (Å²) >= 11 is 0. The molecule has 6 heteroatoms. The molecule has 1 amide bonds. The molecule has 1 aromatic rings. The number of hydrogen-bond acceptors (Lipinski definition) is 5. The Balaban J connectivity index is 1.59. The Morgan fingerprint density at radius 3 is 2.82 bits per heavy atom. The summed E-state index contributed by atoms with van der Waals surface area (Å²) in [5.41, 5.74) is 2.09. The van der Waals surface area contributed by atoms with Gasteiger partial charge in [0.05, 0.1) is 25.5 Å². The van der Waals surface area contributed by atoms with E-state index in [-0.39, 0.29) is 5.92 Å². The Labute approximate surface area is 169 Å². The van der Waals surface area contributed by atoms with Gasteiger partial charge in [0.1, 0.15) is 5.82 Å². The zero-order valence-corrected chi connectivity index (χ0v) is 17.5. The van der Waals surface area contributed by atoms with Crippen LogP contribution < -0.4 is 0 Å². The molecule has 2 fully saturated rings. The lowest BCUT2D eigenvalue weighted by atomic mass is 9.91. The summed E-state index contributed by atoms with van der Waals surface area (Å²) < 4.78 is 10.8. The molecule has 3 rings (SSSR count). The highest BCUT2D eigenvalue weighted by molar-refractivity contribution is 5.76. The van der Waals surface area contributed by atoms with Crippen molar-refractivity contribution in [2.24, 2.45) is 5.92 Å². The number of nitrogens with zero attached hydrogens (tertiary/aromatic N) is 3. The molecule has 1 saturated carbocycles. The highest BCUT2D eigenvalue weighted by Gasteiger charge is 2.28. The summed E-state index contributed by atoms with van der Waals surface area (Å²) in [4.78, 5) is 23.9. The summed E-state index contributed by atoms with van der Waals surface area (Å²) in [5.74, 6) is 2.14. The summed E-state index contributed by atoms with van der Waals surface area (Å²) in [7, 11) is 1.67. The van der Waals surface area contributed by atoms with Gasteiger partial charge in [0, 0.05) is 44.3 Å². The first kappa shape index (κ1) is 21.2. The van der Waals surface area contributed by atoms with Gasteiger partial charge in [-0.1, -0.05) is 25.7 Å². The van der Waals surface area contributed by atoms with E-state index in [4.69, 9.17) is 14.5 Å². The fourth-order valence-electron chi connectivity index (χ4n) is 4.51. The van der Waals surface area contributed by atoms with Crippen LogP contribution in [0.4, 0.5) is 0 Å². The van der Waals surface area contributed by atoms with Crippen molar-refractivity contribution >= 4 is 5.91 Å². The first-order valence-corrected chi connectivity index (χ1v) is 10.8.